The van der Waals surface area contributed by atoms with Crippen LogP contribution in [-0.2, 0) is 17.6 Å². The Hall–Kier alpha value is -4.55. The second-order valence-corrected chi connectivity index (χ2v) is 26.2. The number of aromatic amines is 1. The molecule has 2 aromatic carbocycles. The molecule has 79 heavy (non-hydrogen) atoms. The first-order valence-corrected chi connectivity index (χ1v) is 31.6. The summed E-state index contributed by atoms with van der Waals surface area (Å²) < 4.78 is 0. The lowest BCUT2D eigenvalue weighted by atomic mass is 9.65. The van der Waals surface area contributed by atoms with Crippen LogP contribution in [-0.4, -0.2) is 78.5 Å². The van der Waals surface area contributed by atoms with E-state index in [1.165, 1.54) is 42.9 Å². The minimum Gasteiger partial charge on any atom is -0.508 e. The number of hydrogen-bond acceptors (Lipinski definition) is 9. The lowest BCUT2D eigenvalue weighted by molar-refractivity contribution is -0.152. The summed E-state index contributed by atoms with van der Waals surface area (Å²) in [6.45, 7) is 9.89. The van der Waals surface area contributed by atoms with Gasteiger partial charge in [-0.25, -0.2) is 0 Å². The fourth-order valence-electron chi connectivity index (χ4n) is 16.5. The Morgan fingerprint density at radius 3 is 2.29 bits per heavy atom. The monoisotopic (exact) mass is 1080 g/mol. The summed E-state index contributed by atoms with van der Waals surface area (Å²) in [4.78, 5) is 17.9. The second kappa shape index (κ2) is 26.6. The number of aromatic nitrogens is 1. The SMILES string of the molecule is CCCCC[C@H]1C=C[C@@H](CCCC[C@@H]2CC[C@H](c3cc(CC)c(-c4cc(O)cc(O)c4Cc4ccc(C(C)C)cc4)[nH]3)[C@@H]3C[C@H](C4(C5=CCNC(N)=C5)CCCC4)C[C@]3(O)[C@H](CNC3CCCCC3)C[C@@H](O)[C@@H]2C(=O)O)[C@H](O)C1. The molecule has 4 fully saturated rings. The van der Waals surface area contributed by atoms with Crippen LogP contribution < -0.4 is 16.4 Å². The van der Waals surface area contributed by atoms with Gasteiger partial charge in [-0.3, -0.25) is 4.79 Å². The molecule has 6 aliphatic rings. The number of rotatable bonds is 21. The molecule has 2 heterocycles. The molecule has 434 valence electrons. The standard InChI is InChI=1S/C68H100N4O7/c1-5-7-9-16-44-23-26-48(60(74)34-44)17-12-13-18-49-27-28-55(59-35-46(6-2)65(72-59)57-39-54(73)40-61(75)56(57)33-45-21-24-47(25-22-45)43(3)4)58-36-51(67(30-14-15-31-67)50-29-32-70-63(69)38-50)41-68(58,79)52(37-62(76)64(49)66(77)78)42-71-53-19-10-8-11-20-53/h21-26,29,35,38-40,43-44,48-49,51-53,55,58,60,62,64,70-76,79H,5-20,27-28,30-34,36-37,41-42,69H2,1-4H3,(H,77,78)/t44-,48+,49+,51-,52-,55-,58-,60+,62+,64+,68-/m0/s1. The molecule has 0 bridgehead atoms. The van der Waals surface area contributed by atoms with Crippen molar-refractivity contribution in [1.82, 2.24) is 15.6 Å². The van der Waals surface area contributed by atoms with Crippen molar-refractivity contribution in [2.75, 3.05) is 13.1 Å². The second-order valence-electron chi connectivity index (χ2n) is 26.2. The van der Waals surface area contributed by atoms with Crippen molar-refractivity contribution in [2.24, 2.45) is 52.6 Å². The van der Waals surface area contributed by atoms with Gasteiger partial charge in [0.05, 0.1) is 29.5 Å². The minimum absolute atomic E-state index is 0.0184. The van der Waals surface area contributed by atoms with Gasteiger partial charge in [0.2, 0.25) is 0 Å². The fraction of sp³-hybridized carbons (Fsp3) is 0.662. The van der Waals surface area contributed by atoms with E-state index >= 15 is 0 Å². The smallest absolute Gasteiger partial charge is 0.309 e. The van der Waals surface area contributed by atoms with Crippen LogP contribution in [0.5, 0.6) is 11.5 Å². The molecule has 11 N–H and O–H groups in total. The van der Waals surface area contributed by atoms with E-state index in [2.05, 4.69) is 97.9 Å². The molecule has 11 atom stereocenters. The van der Waals surface area contributed by atoms with E-state index in [-0.39, 0.29) is 59.0 Å². The molecule has 0 unspecified atom stereocenters. The van der Waals surface area contributed by atoms with Gasteiger partial charge in [0.15, 0.2) is 0 Å². The van der Waals surface area contributed by atoms with Gasteiger partial charge in [-0.2, -0.15) is 0 Å². The van der Waals surface area contributed by atoms with Gasteiger partial charge in [0, 0.05) is 71.9 Å². The summed E-state index contributed by atoms with van der Waals surface area (Å²) >= 11 is 0. The maximum Gasteiger partial charge on any atom is 0.309 e. The first-order valence-electron chi connectivity index (χ1n) is 31.6. The Morgan fingerprint density at radius 1 is 0.848 bits per heavy atom. The number of allylic oxidation sites excluding steroid dienone is 3. The number of hydrogen-bond donors (Lipinski definition) is 10. The first kappa shape index (κ1) is 59.1. The molecular weight excluding hydrogens is 985 g/mol. The molecule has 0 amide bonds. The molecule has 0 spiro atoms. The number of H-pyrrole nitrogens is 1. The van der Waals surface area contributed by atoms with Crippen molar-refractivity contribution in [3.63, 3.8) is 0 Å². The van der Waals surface area contributed by atoms with Crippen molar-refractivity contribution in [3.8, 4) is 22.8 Å². The normalized spacial score (nSPS) is 30.4. The molecular formula is C68H100N4O7. The summed E-state index contributed by atoms with van der Waals surface area (Å²) in [7, 11) is 0. The predicted molar refractivity (Wildman–Crippen MR) is 318 cm³/mol. The third-order valence-electron chi connectivity index (χ3n) is 21.0. The molecule has 9 rings (SSSR count). The number of phenols is 2. The Balaban J connectivity index is 1.11. The molecule has 0 saturated heterocycles. The first-order chi connectivity index (χ1) is 38.1. The number of carboxylic acids is 1. The highest BCUT2D eigenvalue weighted by molar-refractivity contribution is 5.73. The van der Waals surface area contributed by atoms with E-state index in [9.17, 15) is 35.4 Å². The molecule has 5 aliphatic carbocycles. The average molecular weight is 1090 g/mol. The number of nitrogens with two attached hydrogens (primary N) is 1. The summed E-state index contributed by atoms with van der Waals surface area (Å²) in [5.41, 5.74) is 13.1. The zero-order valence-corrected chi connectivity index (χ0v) is 48.5. The van der Waals surface area contributed by atoms with Crippen molar-refractivity contribution >= 4 is 5.97 Å². The maximum absolute atomic E-state index is 14.4. The van der Waals surface area contributed by atoms with E-state index in [1.807, 2.05) is 0 Å². The number of aryl methyl sites for hydroxylation is 1. The third kappa shape index (κ3) is 13.5. The molecule has 11 heteroatoms. The van der Waals surface area contributed by atoms with Crippen molar-refractivity contribution in [3.05, 3.63) is 106 Å². The zero-order chi connectivity index (χ0) is 55.8. The van der Waals surface area contributed by atoms with Crippen LogP contribution in [0, 0.1) is 46.8 Å². The molecule has 4 saturated carbocycles. The number of aliphatic hydroxyl groups excluding tert-OH is 2. The number of dihydropyridines is 1. The Labute approximate surface area is 473 Å². The highest BCUT2D eigenvalue weighted by atomic mass is 16.4. The topological polar surface area (TPSA) is 204 Å². The van der Waals surface area contributed by atoms with Gasteiger partial charge in [-0.05, 0) is 165 Å². The largest absolute Gasteiger partial charge is 0.508 e. The van der Waals surface area contributed by atoms with Crippen LogP contribution in [0.3, 0.4) is 0 Å². The Bertz CT molecular complexity index is 2570. The van der Waals surface area contributed by atoms with Crippen molar-refractivity contribution in [1.29, 1.82) is 0 Å². The van der Waals surface area contributed by atoms with E-state index in [0.717, 1.165) is 124 Å². The quantitative estimate of drug-likeness (QED) is 0.0361. The number of carboxylic acid groups (broad SMARTS) is 1. The predicted octanol–water partition coefficient (Wildman–Crippen LogP) is 13.2. The van der Waals surface area contributed by atoms with Crippen molar-refractivity contribution < 1.29 is 35.4 Å². The van der Waals surface area contributed by atoms with E-state index in [0.29, 0.717) is 75.3 Å². The molecule has 3 aromatic rings. The van der Waals surface area contributed by atoms with Gasteiger partial charge in [-0.15, -0.1) is 0 Å². The van der Waals surface area contributed by atoms with Gasteiger partial charge in [0.1, 0.15) is 11.5 Å². The number of unbranched alkanes of at least 4 members (excludes halogenated alkanes) is 3. The number of fused-ring (bicyclic) bond motifs is 1. The van der Waals surface area contributed by atoms with Crippen LogP contribution in [0.15, 0.2) is 78.2 Å². The van der Waals surface area contributed by atoms with Gasteiger partial charge >= 0.3 is 5.97 Å². The number of phenolic OH excluding ortho intramolecular Hbond substituents is 2. The minimum atomic E-state index is -1.26. The summed E-state index contributed by atoms with van der Waals surface area (Å²) in [6, 6.07) is 14.3. The average Bonchev–Trinajstić information content (AvgIpc) is 4.08. The van der Waals surface area contributed by atoms with Gasteiger partial charge in [-0.1, -0.05) is 134 Å². The highest BCUT2D eigenvalue weighted by Crippen LogP contribution is 2.63. The number of benzene rings is 2. The molecule has 0 radical (unpaired) electrons. The van der Waals surface area contributed by atoms with Crippen LogP contribution >= 0.6 is 0 Å². The maximum atomic E-state index is 14.4. The lowest BCUT2D eigenvalue weighted by Gasteiger charge is -2.45. The highest BCUT2D eigenvalue weighted by Gasteiger charge is 2.60. The molecule has 1 aromatic heterocycles. The number of aliphatic hydroxyl groups is 3. The van der Waals surface area contributed by atoms with Crippen molar-refractivity contribution in [2.45, 2.75) is 224 Å². The Morgan fingerprint density at radius 2 is 1.59 bits per heavy atom. The summed E-state index contributed by atoms with van der Waals surface area (Å²) in [5.74, 6) is -1.44. The number of carbonyl (C=O) groups is 1. The zero-order valence-electron chi connectivity index (χ0n) is 48.5. The number of aliphatic carboxylic acids is 1. The van der Waals surface area contributed by atoms with Crippen LogP contribution in [0.4, 0.5) is 0 Å². The van der Waals surface area contributed by atoms with E-state index in [4.69, 9.17) is 5.73 Å². The molecule has 11 nitrogen and oxygen atoms in total. The van der Waals surface area contributed by atoms with E-state index < -0.39 is 29.5 Å². The van der Waals surface area contributed by atoms with E-state index in [1.54, 1.807) is 6.07 Å². The third-order valence-corrected chi connectivity index (χ3v) is 21.0. The summed E-state index contributed by atoms with van der Waals surface area (Å²) in [5, 5.41) is 79.9. The lowest BCUT2D eigenvalue weighted by Crippen LogP contribution is -2.52. The van der Waals surface area contributed by atoms with Crippen LogP contribution in [0.1, 0.15) is 215 Å². The number of aromatic hydroxyl groups is 2. The van der Waals surface area contributed by atoms with Gasteiger partial charge in [0.25, 0.3) is 0 Å². The fourth-order valence-corrected chi connectivity index (χ4v) is 16.5. The van der Waals surface area contributed by atoms with Gasteiger partial charge < -0.3 is 52.0 Å². The van der Waals surface area contributed by atoms with Crippen LogP contribution in [0.25, 0.3) is 11.3 Å². The van der Waals surface area contributed by atoms with Crippen LogP contribution in [0.2, 0.25) is 0 Å². The molecule has 1 aliphatic heterocycles. The number of nitrogens with one attached hydrogen (secondary N) is 3. The summed E-state index contributed by atoms with van der Waals surface area (Å²) in [6.07, 6.45) is 29.9. The Kier molecular flexibility index (Phi) is 19.9.